The molecule has 2 N–H and O–H groups in total. The van der Waals surface area contributed by atoms with Gasteiger partial charge in [-0.2, -0.15) is 0 Å². The number of hydrogen-bond donors (Lipinski definition) is 2. The molecule has 1 aliphatic heterocycles. The number of hydrogen-bond acceptors (Lipinski definition) is 6. The van der Waals surface area contributed by atoms with Crippen molar-refractivity contribution < 1.29 is 24.1 Å². The molecule has 212 valence electrons. The largest absolute Gasteiger partial charge is 0.395 e. The standard InChI is InChI=1S/C30H27Cl2FN4O4/c1-36-14-26(35-17-36)24(15-38)18-10-23-27(25(33)11-18)30(41-16-29(40)8-9-29,19-2-4-20(31)5-3-19)37(28(23)39)13-22-7-6-21(32)12-34-22/h2-7,10-12,14,17,24,38,40H,8-9,13,15-16H2,1H3/t24?,30-/m1/s1. The Kier molecular flexibility index (Phi) is 7.12. The van der Waals surface area contributed by atoms with E-state index in [-0.39, 0.29) is 30.9 Å². The summed E-state index contributed by atoms with van der Waals surface area (Å²) in [7, 11) is 1.80. The number of benzene rings is 2. The van der Waals surface area contributed by atoms with Crippen LogP contribution < -0.4 is 0 Å². The van der Waals surface area contributed by atoms with Crippen LogP contribution in [0.15, 0.2) is 67.3 Å². The Morgan fingerprint density at radius 1 is 1.10 bits per heavy atom. The number of rotatable bonds is 9. The van der Waals surface area contributed by atoms with Gasteiger partial charge in [0.1, 0.15) is 5.82 Å². The number of fused-ring (bicyclic) bond motifs is 1. The third-order valence-electron chi connectivity index (χ3n) is 7.70. The number of aliphatic hydroxyl groups is 2. The maximum absolute atomic E-state index is 16.5. The molecule has 2 aromatic carbocycles. The van der Waals surface area contributed by atoms with Gasteiger partial charge in [-0.25, -0.2) is 9.37 Å². The number of nitrogens with zero attached hydrogens (tertiary/aromatic N) is 4. The van der Waals surface area contributed by atoms with Gasteiger partial charge in [-0.15, -0.1) is 0 Å². The second-order valence-electron chi connectivity index (χ2n) is 10.6. The maximum atomic E-state index is 16.5. The molecule has 2 aliphatic rings. The predicted molar refractivity (Wildman–Crippen MR) is 150 cm³/mol. The van der Waals surface area contributed by atoms with Gasteiger partial charge in [0.15, 0.2) is 5.72 Å². The zero-order valence-corrected chi connectivity index (χ0v) is 23.6. The van der Waals surface area contributed by atoms with Crippen molar-refractivity contribution >= 4 is 29.1 Å². The number of carbonyl (C=O) groups excluding carboxylic acids is 1. The molecule has 11 heteroatoms. The van der Waals surface area contributed by atoms with E-state index < -0.39 is 29.0 Å². The van der Waals surface area contributed by atoms with E-state index in [0.29, 0.717) is 45.4 Å². The lowest BCUT2D eigenvalue weighted by Crippen LogP contribution is -2.48. The Balaban J connectivity index is 1.55. The quantitative estimate of drug-likeness (QED) is 0.288. The zero-order chi connectivity index (χ0) is 28.9. The van der Waals surface area contributed by atoms with Gasteiger partial charge < -0.3 is 19.5 Å². The van der Waals surface area contributed by atoms with Crippen molar-refractivity contribution in [1.29, 1.82) is 0 Å². The van der Waals surface area contributed by atoms with Crippen molar-refractivity contribution in [3.05, 3.63) is 117 Å². The summed E-state index contributed by atoms with van der Waals surface area (Å²) >= 11 is 12.3. The van der Waals surface area contributed by atoms with Crippen molar-refractivity contribution in [3.63, 3.8) is 0 Å². The van der Waals surface area contributed by atoms with Gasteiger partial charge in [0.25, 0.3) is 5.91 Å². The second kappa shape index (κ2) is 10.5. The van der Waals surface area contributed by atoms with Crippen LogP contribution in [0.1, 0.15) is 57.2 Å². The van der Waals surface area contributed by atoms with Crippen LogP contribution in [-0.4, -0.2) is 54.4 Å². The fraction of sp³-hybridized carbons (Fsp3) is 0.300. The summed E-state index contributed by atoms with van der Waals surface area (Å²) in [5, 5.41) is 21.9. The molecule has 0 spiro atoms. The van der Waals surface area contributed by atoms with Crippen molar-refractivity contribution in [3.8, 4) is 0 Å². The molecule has 4 aromatic rings. The fourth-order valence-electron chi connectivity index (χ4n) is 5.33. The molecule has 1 fully saturated rings. The Bertz CT molecular complexity index is 1610. The van der Waals surface area contributed by atoms with Gasteiger partial charge in [0.2, 0.25) is 0 Å². The maximum Gasteiger partial charge on any atom is 0.257 e. The summed E-state index contributed by atoms with van der Waals surface area (Å²) in [4.78, 5) is 24.4. The van der Waals surface area contributed by atoms with Gasteiger partial charge >= 0.3 is 0 Å². The van der Waals surface area contributed by atoms with E-state index in [1.165, 1.54) is 17.2 Å². The number of carbonyl (C=O) groups is 1. The minimum atomic E-state index is -1.74. The highest BCUT2D eigenvalue weighted by molar-refractivity contribution is 6.30. The zero-order valence-electron chi connectivity index (χ0n) is 22.1. The first-order valence-corrected chi connectivity index (χ1v) is 13.9. The summed E-state index contributed by atoms with van der Waals surface area (Å²) < 4.78 is 24.7. The first-order valence-electron chi connectivity index (χ1n) is 13.1. The molecule has 41 heavy (non-hydrogen) atoms. The van der Waals surface area contributed by atoms with Crippen LogP contribution in [0, 0.1) is 5.82 Å². The smallest absolute Gasteiger partial charge is 0.257 e. The second-order valence-corrected chi connectivity index (χ2v) is 11.5. The molecule has 0 saturated heterocycles. The van der Waals surface area contributed by atoms with Gasteiger partial charge in [-0.05, 0) is 54.8 Å². The molecular formula is C30H27Cl2FN4O4. The summed E-state index contributed by atoms with van der Waals surface area (Å²) in [6.07, 6.45) is 5.87. The number of halogens is 3. The fourth-order valence-corrected chi connectivity index (χ4v) is 5.57. The van der Waals surface area contributed by atoms with Crippen LogP contribution in [0.3, 0.4) is 0 Å². The van der Waals surface area contributed by atoms with E-state index in [2.05, 4.69) is 9.97 Å². The Morgan fingerprint density at radius 2 is 1.83 bits per heavy atom. The van der Waals surface area contributed by atoms with Crippen LogP contribution >= 0.6 is 23.2 Å². The lowest BCUT2D eigenvalue weighted by molar-refractivity contribution is -0.139. The van der Waals surface area contributed by atoms with Crippen LogP contribution in [-0.2, 0) is 24.1 Å². The first kappa shape index (κ1) is 27.8. The summed E-state index contributed by atoms with van der Waals surface area (Å²) in [5.41, 5.74) is -0.796. The molecule has 6 rings (SSSR count). The van der Waals surface area contributed by atoms with E-state index in [4.69, 9.17) is 27.9 Å². The molecule has 8 nitrogen and oxygen atoms in total. The molecule has 2 atom stereocenters. The van der Waals surface area contributed by atoms with E-state index in [1.807, 2.05) is 0 Å². The first-order chi connectivity index (χ1) is 19.6. The Labute approximate surface area is 245 Å². The third-order valence-corrected chi connectivity index (χ3v) is 8.17. The predicted octanol–water partition coefficient (Wildman–Crippen LogP) is 4.78. The third kappa shape index (κ3) is 5.02. The summed E-state index contributed by atoms with van der Waals surface area (Å²) in [6.45, 7) is -0.501. The number of amides is 1. The monoisotopic (exact) mass is 596 g/mol. The molecular weight excluding hydrogens is 570 g/mol. The minimum Gasteiger partial charge on any atom is -0.395 e. The summed E-state index contributed by atoms with van der Waals surface area (Å²) in [5.74, 6) is -1.84. The SMILES string of the molecule is Cn1cnc(C(CO)c2cc(F)c3c(c2)C(=O)N(Cc2ccc(Cl)cn2)[C@@]3(OCC2(O)CC2)c2ccc(Cl)cc2)c1. The van der Waals surface area contributed by atoms with E-state index >= 15 is 4.39 Å². The lowest BCUT2D eigenvalue weighted by atomic mass is 9.88. The molecule has 1 amide bonds. The number of aromatic nitrogens is 3. The van der Waals surface area contributed by atoms with Crippen LogP contribution in [0.25, 0.3) is 0 Å². The molecule has 1 unspecified atom stereocenters. The van der Waals surface area contributed by atoms with Crippen molar-refractivity contribution in [1.82, 2.24) is 19.4 Å². The average molecular weight is 597 g/mol. The number of aryl methyl sites for hydroxylation is 1. The van der Waals surface area contributed by atoms with Gasteiger partial charge in [0, 0.05) is 30.0 Å². The van der Waals surface area contributed by atoms with Crippen LogP contribution in [0.5, 0.6) is 0 Å². The average Bonchev–Trinajstić information content (AvgIpc) is 3.46. The number of ether oxygens (including phenoxy) is 1. The normalized spacial score (nSPS) is 19.9. The Morgan fingerprint density at radius 3 is 2.44 bits per heavy atom. The Hall–Kier alpha value is -3.34. The lowest BCUT2D eigenvalue weighted by Gasteiger charge is -2.40. The topological polar surface area (TPSA) is 101 Å². The molecule has 1 saturated carbocycles. The molecule has 3 heterocycles. The highest BCUT2D eigenvalue weighted by Crippen LogP contribution is 2.50. The molecule has 0 bridgehead atoms. The van der Waals surface area contributed by atoms with Crippen LogP contribution in [0.4, 0.5) is 4.39 Å². The number of pyridine rings is 1. The van der Waals surface area contributed by atoms with E-state index in [1.54, 1.807) is 66.6 Å². The minimum absolute atomic E-state index is 0.0181. The highest BCUT2D eigenvalue weighted by Gasteiger charge is 2.56. The van der Waals surface area contributed by atoms with Gasteiger partial charge in [-0.1, -0.05) is 35.3 Å². The summed E-state index contributed by atoms with van der Waals surface area (Å²) in [6, 6.07) is 12.9. The van der Waals surface area contributed by atoms with Crippen LogP contribution in [0.2, 0.25) is 10.0 Å². The molecule has 2 aromatic heterocycles. The van der Waals surface area contributed by atoms with E-state index in [9.17, 15) is 15.0 Å². The highest BCUT2D eigenvalue weighted by atomic mass is 35.5. The van der Waals surface area contributed by atoms with Crippen molar-refractivity contribution in [2.24, 2.45) is 7.05 Å². The van der Waals surface area contributed by atoms with Gasteiger partial charge in [0.05, 0.1) is 65.1 Å². The van der Waals surface area contributed by atoms with Crippen molar-refractivity contribution in [2.75, 3.05) is 13.2 Å². The number of aliphatic hydroxyl groups excluding tert-OH is 1. The van der Waals surface area contributed by atoms with Crippen molar-refractivity contribution in [2.45, 2.75) is 36.6 Å². The molecule has 1 aliphatic carbocycles. The molecule has 0 radical (unpaired) electrons. The number of imidazole rings is 1. The van der Waals surface area contributed by atoms with Gasteiger partial charge in [-0.3, -0.25) is 14.7 Å². The van der Waals surface area contributed by atoms with E-state index in [0.717, 1.165) is 0 Å².